The van der Waals surface area contributed by atoms with Crippen LogP contribution in [-0.2, 0) is 85.6 Å². The Kier molecular flexibility index (Phi) is 28.0. The largest absolute Gasteiger partial charge is 0.744 e. The first kappa shape index (κ1) is 65.9. The monoisotopic (exact) mass is 1170 g/mol. The van der Waals surface area contributed by atoms with Crippen LogP contribution in [0.2, 0.25) is 0 Å². The summed E-state index contributed by atoms with van der Waals surface area (Å²) in [7, 11) is -21.3. The summed E-state index contributed by atoms with van der Waals surface area (Å²) in [4.78, 5) is -4.49. The van der Waals surface area contributed by atoms with Gasteiger partial charge < -0.3 is 67.1 Å². The summed E-state index contributed by atoms with van der Waals surface area (Å²) in [5.41, 5.74) is 0. The molecule has 4 bridgehead atoms. The van der Waals surface area contributed by atoms with Crippen molar-refractivity contribution >= 4 is 40.5 Å². The molecule has 0 saturated carbocycles. The number of aromatic nitrogens is 4. The summed E-state index contributed by atoms with van der Waals surface area (Å²) < 4.78 is 192. The van der Waals surface area contributed by atoms with Gasteiger partial charge in [0.2, 0.25) is 26.2 Å². The highest BCUT2D eigenvalue weighted by atomic mass is 32.2. The van der Waals surface area contributed by atoms with Gasteiger partial charge in [-0.1, -0.05) is 24.3 Å². The highest BCUT2D eigenvalue weighted by Crippen LogP contribution is 2.36. The Bertz CT molecular complexity index is 2750. The number of nitrogens with zero attached hydrogens (tertiary/aromatic N) is 4. The molecule has 0 amide bonds. The van der Waals surface area contributed by atoms with Crippen molar-refractivity contribution in [3.05, 3.63) is 147 Å². The molecule has 6 aromatic rings. The van der Waals surface area contributed by atoms with Crippen LogP contribution in [0, 0.1) is 0 Å². The van der Waals surface area contributed by atoms with Crippen LogP contribution in [0.4, 0.5) is 0 Å². The fourth-order valence-electron chi connectivity index (χ4n) is 6.56. The maximum Gasteiger partial charge on any atom is 0.206 e. The standard InChI is InChI=1S/C24H32O20S4.2C12H14N2.2H2O/c25-45(26,27)21-15-23(47(31,32)33)19-13-17(21)41-9-5-37-1-2-38-6-10-42-18-14-20(44-12-8-40-4-3-39-7-11-43-19)24(48(34,35)36)16-22(18)46(28,29)30;2*1-3-7-13(8-4-1)11-12-14-9-5-2-6-10-14;;/h13-16H,1-12H2,(H,25,26,27)(H,28,29,30)(H,31,32,33)(H,34,35,36);2*1-10H,11-12H2;2*1H2/q;2*+2;;/p-4. The van der Waals surface area contributed by atoms with Gasteiger partial charge in [0.25, 0.3) is 0 Å². The molecule has 1 aliphatic heterocycles. The number of ether oxygens (including phenoxy) is 8. The second-order valence-electron chi connectivity index (χ2n) is 15.6. The smallest absolute Gasteiger partial charge is 0.206 e. The molecule has 30 heteroatoms. The molecule has 7 rings (SSSR count). The van der Waals surface area contributed by atoms with Crippen molar-refractivity contribution in [2.45, 2.75) is 45.8 Å². The average molecular weight is 1170 g/mol. The first-order chi connectivity index (χ1) is 36.3. The molecule has 0 spiro atoms. The molecule has 0 fully saturated rings. The van der Waals surface area contributed by atoms with Crippen LogP contribution in [0.25, 0.3) is 0 Å². The van der Waals surface area contributed by atoms with Gasteiger partial charge in [-0.25, -0.2) is 33.7 Å². The number of benzene rings is 2. The van der Waals surface area contributed by atoms with E-state index in [2.05, 4.69) is 116 Å². The second kappa shape index (κ2) is 33.2. The molecular weight excluding hydrogens is 1110 g/mol. The van der Waals surface area contributed by atoms with E-state index in [-0.39, 0.29) is 90.2 Å². The van der Waals surface area contributed by atoms with E-state index in [9.17, 15) is 51.9 Å². The van der Waals surface area contributed by atoms with E-state index in [0.29, 0.717) is 12.1 Å². The van der Waals surface area contributed by atoms with Crippen molar-refractivity contribution in [1.82, 2.24) is 0 Å². The molecule has 428 valence electrons. The number of aryl methyl sites for hydroxylation is 4. The van der Waals surface area contributed by atoms with Gasteiger partial charge in [-0.2, -0.15) is 18.3 Å². The molecule has 5 heterocycles. The number of pyridine rings is 4. The molecule has 78 heavy (non-hydrogen) atoms. The highest BCUT2D eigenvalue weighted by molar-refractivity contribution is 7.87. The van der Waals surface area contributed by atoms with E-state index in [1.165, 1.54) is 0 Å². The summed E-state index contributed by atoms with van der Waals surface area (Å²) >= 11 is 0. The van der Waals surface area contributed by atoms with Gasteiger partial charge in [0.1, 0.15) is 89.9 Å². The third-order valence-electron chi connectivity index (χ3n) is 10.1. The Hall–Kier alpha value is -6.36. The van der Waals surface area contributed by atoms with Crippen molar-refractivity contribution in [3.8, 4) is 23.0 Å². The predicted octanol–water partition coefficient (Wildman–Crippen LogP) is -1.13. The first-order valence-corrected chi connectivity index (χ1v) is 28.7. The minimum Gasteiger partial charge on any atom is -0.744 e. The lowest BCUT2D eigenvalue weighted by Gasteiger charge is -2.20. The van der Waals surface area contributed by atoms with E-state index >= 15 is 0 Å². The van der Waals surface area contributed by atoms with Crippen LogP contribution in [0.15, 0.2) is 166 Å². The third kappa shape index (κ3) is 23.7. The lowest BCUT2D eigenvalue weighted by molar-refractivity contribution is -0.778. The summed E-state index contributed by atoms with van der Waals surface area (Å²) in [6, 6.07) is 26.7. The fraction of sp³-hybridized carbons (Fsp3) is 0.333. The van der Waals surface area contributed by atoms with Crippen LogP contribution in [-0.4, -0.2) is 142 Å². The molecule has 0 aliphatic carbocycles. The van der Waals surface area contributed by atoms with Gasteiger partial charge in [-0.05, 0) is 12.1 Å². The molecular formula is C48H60N4O22S4. The highest BCUT2D eigenvalue weighted by Gasteiger charge is 2.22. The summed E-state index contributed by atoms with van der Waals surface area (Å²) in [5.74, 6) is -2.42. The van der Waals surface area contributed by atoms with Gasteiger partial charge in [-0.3, -0.25) is 0 Å². The zero-order valence-electron chi connectivity index (χ0n) is 41.8. The quantitative estimate of drug-likeness (QED) is 0.116. The van der Waals surface area contributed by atoms with E-state index in [0.717, 1.165) is 38.3 Å². The number of hydrogen-bond acceptors (Lipinski definition) is 20. The number of rotatable bonds is 10. The Morgan fingerprint density at radius 1 is 0.295 bits per heavy atom. The molecule has 0 saturated heterocycles. The molecule has 4 N–H and O–H groups in total. The van der Waals surface area contributed by atoms with Crippen molar-refractivity contribution in [1.29, 1.82) is 0 Å². The molecule has 1 aliphatic rings. The Morgan fingerprint density at radius 3 is 0.654 bits per heavy atom. The van der Waals surface area contributed by atoms with Crippen molar-refractivity contribution in [2.24, 2.45) is 0 Å². The third-order valence-corrected chi connectivity index (χ3v) is 13.6. The number of hydrogen-bond donors (Lipinski definition) is 0. The van der Waals surface area contributed by atoms with Gasteiger partial charge >= 0.3 is 0 Å². The zero-order valence-corrected chi connectivity index (χ0v) is 45.0. The molecule has 2 aromatic carbocycles. The van der Waals surface area contributed by atoms with Crippen LogP contribution >= 0.6 is 0 Å². The minimum absolute atomic E-state index is 0. The predicted molar refractivity (Wildman–Crippen MR) is 264 cm³/mol. The summed E-state index contributed by atoms with van der Waals surface area (Å²) in [6.07, 6.45) is 16.7. The van der Waals surface area contributed by atoms with Crippen molar-refractivity contribution < 1.29 is 119 Å². The molecule has 26 nitrogen and oxygen atoms in total. The van der Waals surface area contributed by atoms with Crippen molar-refractivity contribution in [3.63, 3.8) is 0 Å². The van der Waals surface area contributed by atoms with Crippen LogP contribution in [0.1, 0.15) is 0 Å². The van der Waals surface area contributed by atoms with Crippen LogP contribution in [0.3, 0.4) is 0 Å². The molecule has 0 radical (unpaired) electrons. The summed E-state index contributed by atoms with van der Waals surface area (Å²) in [6.45, 7) is 1.51. The van der Waals surface area contributed by atoms with Crippen molar-refractivity contribution in [2.75, 3.05) is 79.3 Å². The minimum atomic E-state index is -5.32. The molecule has 0 atom stereocenters. The van der Waals surface area contributed by atoms with Crippen LogP contribution in [0.5, 0.6) is 23.0 Å². The Morgan fingerprint density at radius 2 is 0.474 bits per heavy atom. The van der Waals surface area contributed by atoms with E-state index < -0.39 is 83.1 Å². The van der Waals surface area contributed by atoms with E-state index in [4.69, 9.17) is 37.9 Å². The SMILES string of the molecule is O.O.O=S(=O)([O-])c1cc(S(=O)(=O)[O-])c2cc1OCCOCCOCCOc1cc(c(S(=O)(=O)[O-])cc1S(=O)(=O)[O-])OCCOCCOCCO2.c1cc[n+](CC[n+]2ccccc2)cc1.c1cc[n+](CC[n+]2ccccc2)cc1. The lowest BCUT2D eigenvalue weighted by atomic mass is 10.3. The number of fused-ring (bicyclic) bond motifs is 4. The normalized spacial score (nSPS) is 14.4. The molecule has 0 unspecified atom stereocenters. The summed E-state index contributed by atoms with van der Waals surface area (Å²) in [5, 5.41) is 0. The van der Waals surface area contributed by atoms with E-state index in [1.54, 1.807) is 0 Å². The Labute approximate surface area is 452 Å². The van der Waals surface area contributed by atoms with Gasteiger partial charge in [0.05, 0.1) is 72.4 Å². The second-order valence-corrected chi connectivity index (χ2v) is 21.0. The maximum atomic E-state index is 11.8. The Balaban J connectivity index is 0.000000427. The van der Waals surface area contributed by atoms with Gasteiger partial charge in [0.15, 0.2) is 49.6 Å². The maximum absolute atomic E-state index is 11.8. The first-order valence-electron chi connectivity index (χ1n) is 23.1. The van der Waals surface area contributed by atoms with Crippen LogP contribution < -0.4 is 37.2 Å². The van der Waals surface area contributed by atoms with Gasteiger partial charge in [0, 0.05) is 60.7 Å². The van der Waals surface area contributed by atoms with E-state index in [1.807, 2.05) is 24.3 Å². The fourth-order valence-corrected chi connectivity index (χ4v) is 9.21. The molecule has 4 aromatic heterocycles. The zero-order chi connectivity index (χ0) is 54.9. The topological polar surface area (TPSA) is 381 Å². The lowest BCUT2D eigenvalue weighted by Crippen LogP contribution is -2.43. The van der Waals surface area contributed by atoms with Gasteiger partial charge in [-0.15, -0.1) is 0 Å². The average Bonchev–Trinajstić information content (AvgIpc) is 3.44.